The number of benzene rings is 1. The molecule has 1 saturated heterocycles. The Morgan fingerprint density at radius 2 is 1.94 bits per heavy atom. The molecule has 11 heteroatoms. The first-order valence-corrected chi connectivity index (χ1v) is 13.3. The van der Waals surface area contributed by atoms with Crippen LogP contribution in [0.25, 0.3) is 0 Å². The molecule has 0 unspecified atom stereocenters. The minimum atomic E-state index is -3.87. The summed E-state index contributed by atoms with van der Waals surface area (Å²) in [4.78, 5) is 19.7. The molecule has 2 aliphatic heterocycles. The van der Waals surface area contributed by atoms with Gasteiger partial charge in [0, 0.05) is 30.5 Å². The molecule has 6 rings (SSSR count). The van der Waals surface area contributed by atoms with Crippen molar-refractivity contribution in [3.63, 3.8) is 0 Å². The lowest BCUT2D eigenvalue weighted by Gasteiger charge is -2.60. The summed E-state index contributed by atoms with van der Waals surface area (Å²) < 4.78 is 60.2. The molecule has 1 spiro atoms. The number of fused-ring (bicyclic) bond motifs is 1. The average molecular weight is 496 g/mol. The number of halogens is 2. The summed E-state index contributed by atoms with van der Waals surface area (Å²) in [6.07, 6.45) is 0.919. The Kier molecular flexibility index (Phi) is 4.67. The Morgan fingerprint density at radius 3 is 2.61 bits per heavy atom. The number of hydrogen-bond acceptors (Lipinski definition) is 6. The molecule has 0 bridgehead atoms. The van der Waals surface area contributed by atoms with Gasteiger partial charge < -0.3 is 9.64 Å². The number of rotatable bonds is 4. The molecule has 1 amide bonds. The molecule has 3 heterocycles. The topological polar surface area (TPSA) is 79.8 Å². The fourth-order valence-corrected chi connectivity index (χ4v) is 8.16. The highest BCUT2D eigenvalue weighted by Crippen LogP contribution is 2.53. The fourth-order valence-electron chi connectivity index (χ4n) is 5.32. The highest BCUT2D eigenvalue weighted by molar-refractivity contribution is 7.89. The summed E-state index contributed by atoms with van der Waals surface area (Å²) in [5.74, 6) is -0.828. The second-order valence-corrected chi connectivity index (χ2v) is 12.6. The normalized spacial score (nSPS) is 29.1. The van der Waals surface area contributed by atoms with E-state index in [1.54, 1.807) is 0 Å². The molecule has 2 saturated carbocycles. The van der Waals surface area contributed by atoms with Crippen LogP contribution in [0.2, 0.25) is 0 Å². The number of amides is 1. The lowest BCUT2D eigenvalue weighted by atomic mass is 9.61. The van der Waals surface area contributed by atoms with Crippen LogP contribution in [-0.4, -0.2) is 66.5 Å². The molecular weight excluding hydrogens is 472 g/mol. The Morgan fingerprint density at radius 1 is 1.24 bits per heavy atom. The van der Waals surface area contributed by atoms with Gasteiger partial charge in [0.2, 0.25) is 15.9 Å². The summed E-state index contributed by atoms with van der Waals surface area (Å²) >= 11 is 1.22. The van der Waals surface area contributed by atoms with Gasteiger partial charge in [0.1, 0.15) is 28.5 Å². The lowest BCUT2D eigenvalue weighted by Crippen LogP contribution is -2.68. The van der Waals surface area contributed by atoms with Crippen LogP contribution in [0, 0.1) is 11.2 Å². The predicted molar refractivity (Wildman–Crippen MR) is 116 cm³/mol. The van der Waals surface area contributed by atoms with Gasteiger partial charge in [-0.25, -0.2) is 22.2 Å². The SMILES string of the molecule is C[C@@H]1COc2nc([C@H]3C[C@H]3F)sc2C(=O)N1C1CC2(C1)CN(S(=O)(=O)c1ccccc1F)C2. The van der Waals surface area contributed by atoms with Crippen LogP contribution in [-0.2, 0) is 10.0 Å². The van der Waals surface area contributed by atoms with Crippen LogP contribution >= 0.6 is 11.3 Å². The third-order valence-corrected chi connectivity index (χ3v) is 10.2. The standard InChI is InChI=1S/C22H23F2N3O4S2/c1-12-9-31-19-18(32-20(25-19)14-6-16(14)24)21(28)27(12)13-7-22(8-13)10-26(11-22)33(29,30)17-5-3-2-4-15(17)23/h2-5,12-14,16H,6-11H2,1H3/t12-,14+,16-/m1/s1. The maximum absolute atomic E-state index is 14.0. The molecule has 3 atom stereocenters. The van der Waals surface area contributed by atoms with E-state index in [9.17, 15) is 22.0 Å². The number of ether oxygens (including phenoxy) is 1. The van der Waals surface area contributed by atoms with Crippen LogP contribution in [0.1, 0.15) is 46.8 Å². The number of sulfonamides is 1. The molecule has 1 aromatic heterocycles. The number of hydrogen-bond donors (Lipinski definition) is 0. The van der Waals surface area contributed by atoms with E-state index in [1.807, 2.05) is 11.8 Å². The zero-order chi connectivity index (χ0) is 23.1. The van der Waals surface area contributed by atoms with E-state index in [4.69, 9.17) is 4.74 Å². The van der Waals surface area contributed by atoms with E-state index in [2.05, 4.69) is 4.98 Å². The zero-order valence-electron chi connectivity index (χ0n) is 17.9. The van der Waals surface area contributed by atoms with Crippen molar-refractivity contribution in [2.45, 2.75) is 55.3 Å². The molecule has 2 aliphatic carbocycles. The molecule has 176 valence electrons. The Labute approximate surface area is 194 Å². The van der Waals surface area contributed by atoms with Crippen molar-refractivity contribution < 1.29 is 26.7 Å². The van der Waals surface area contributed by atoms with E-state index in [0.29, 0.717) is 54.7 Å². The van der Waals surface area contributed by atoms with E-state index in [0.717, 1.165) is 6.07 Å². The first kappa shape index (κ1) is 21.4. The van der Waals surface area contributed by atoms with Crippen LogP contribution in [0.4, 0.5) is 8.78 Å². The zero-order valence-corrected chi connectivity index (χ0v) is 19.5. The highest BCUT2D eigenvalue weighted by atomic mass is 32.2. The number of aromatic nitrogens is 1. The summed E-state index contributed by atoms with van der Waals surface area (Å²) in [6, 6.07) is 5.22. The number of thiazole rings is 1. The van der Waals surface area contributed by atoms with Crippen molar-refractivity contribution in [2.24, 2.45) is 5.41 Å². The van der Waals surface area contributed by atoms with Crippen LogP contribution in [0.3, 0.4) is 0 Å². The molecular formula is C22H23F2N3O4S2. The van der Waals surface area contributed by atoms with Gasteiger partial charge in [0.05, 0.1) is 6.04 Å². The molecule has 3 fully saturated rings. The van der Waals surface area contributed by atoms with E-state index >= 15 is 0 Å². The van der Waals surface area contributed by atoms with Gasteiger partial charge >= 0.3 is 0 Å². The van der Waals surface area contributed by atoms with Crippen LogP contribution in [0.5, 0.6) is 5.88 Å². The number of carbonyl (C=O) groups is 1. The van der Waals surface area contributed by atoms with Gasteiger partial charge in [-0.05, 0) is 38.3 Å². The first-order chi connectivity index (χ1) is 15.7. The molecule has 2 aromatic rings. The summed E-state index contributed by atoms with van der Waals surface area (Å²) in [5.41, 5.74) is -0.187. The monoisotopic (exact) mass is 495 g/mol. The van der Waals surface area contributed by atoms with Crippen LogP contribution < -0.4 is 4.74 Å². The van der Waals surface area contributed by atoms with Gasteiger partial charge in [0.25, 0.3) is 5.91 Å². The maximum Gasteiger partial charge on any atom is 0.270 e. The number of alkyl halides is 1. The molecule has 0 N–H and O–H groups in total. The smallest absolute Gasteiger partial charge is 0.270 e. The molecule has 4 aliphatic rings. The predicted octanol–water partition coefficient (Wildman–Crippen LogP) is 3.18. The van der Waals surface area contributed by atoms with Gasteiger partial charge in [-0.3, -0.25) is 4.79 Å². The van der Waals surface area contributed by atoms with Crippen molar-refractivity contribution in [1.29, 1.82) is 0 Å². The Bertz CT molecular complexity index is 1240. The van der Waals surface area contributed by atoms with Crippen LogP contribution in [0.15, 0.2) is 29.2 Å². The van der Waals surface area contributed by atoms with Crippen molar-refractivity contribution in [3.8, 4) is 5.88 Å². The Balaban J connectivity index is 1.15. The second-order valence-electron chi connectivity index (χ2n) is 9.68. The van der Waals surface area contributed by atoms with Crippen molar-refractivity contribution in [3.05, 3.63) is 40.0 Å². The van der Waals surface area contributed by atoms with E-state index in [-0.39, 0.29) is 34.2 Å². The molecule has 1 aromatic carbocycles. The Hall–Kier alpha value is -2.11. The van der Waals surface area contributed by atoms with E-state index in [1.165, 1.54) is 33.8 Å². The fraction of sp³-hybridized carbons (Fsp3) is 0.545. The second kappa shape index (κ2) is 7.19. The molecule has 0 radical (unpaired) electrons. The van der Waals surface area contributed by atoms with Gasteiger partial charge in [-0.1, -0.05) is 12.1 Å². The summed E-state index contributed by atoms with van der Waals surface area (Å²) in [6.45, 7) is 2.88. The lowest BCUT2D eigenvalue weighted by molar-refractivity contribution is -0.0755. The average Bonchev–Trinajstić information content (AvgIpc) is 3.31. The number of nitrogens with zero attached hydrogens (tertiary/aromatic N) is 3. The molecule has 33 heavy (non-hydrogen) atoms. The maximum atomic E-state index is 14.0. The third-order valence-electron chi connectivity index (χ3n) is 7.22. The molecule has 7 nitrogen and oxygen atoms in total. The quantitative estimate of drug-likeness (QED) is 0.651. The van der Waals surface area contributed by atoms with E-state index < -0.39 is 22.0 Å². The first-order valence-electron chi connectivity index (χ1n) is 11.0. The third kappa shape index (κ3) is 3.30. The summed E-state index contributed by atoms with van der Waals surface area (Å²) in [5, 5.41) is 0.619. The minimum absolute atomic E-state index is 0.0271. The summed E-state index contributed by atoms with van der Waals surface area (Å²) in [7, 11) is -3.87. The van der Waals surface area contributed by atoms with Gasteiger partial charge in [-0.2, -0.15) is 4.31 Å². The van der Waals surface area contributed by atoms with Gasteiger partial charge in [0.15, 0.2) is 4.88 Å². The van der Waals surface area contributed by atoms with Crippen molar-refractivity contribution in [2.75, 3.05) is 19.7 Å². The number of carbonyl (C=O) groups excluding carboxylic acids is 1. The van der Waals surface area contributed by atoms with Crippen molar-refractivity contribution in [1.82, 2.24) is 14.2 Å². The van der Waals surface area contributed by atoms with Gasteiger partial charge in [-0.15, -0.1) is 11.3 Å². The minimum Gasteiger partial charge on any atom is -0.474 e. The van der Waals surface area contributed by atoms with Crippen molar-refractivity contribution >= 4 is 27.3 Å². The highest BCUT2D eigenvalue weighted by Gasteiger charge is 2.58. The largest absolute Gasteiger partial charge is 0.474 e.